The summed E-state index contributed by atoms with van der Waals surface area (Å²) < 4.78 is 17.1. The third kappa shape index (κ3) is 5.85. The quantitative estimate of drug-likeness (QED) is 0.525. The molecule has 0 saturated carbocycles. The average Bonchev–Trinajstić information content (AvgIpc) is 2.93. The van der Waals surface area contributed by atoms with E-state index in [2.05, 4.69) is 11.8 Å². The molecule has 1 saturated heterocycles. The molecule has 0 spiro atoms. The van der Waals surface area contributed by atoms with Gasteiger partial charge in [0.2, 0.25) is 5.60 Å². The van der Waals surface area contributed by atoms with Crippen LogP contribution in [0, 0.1) is 11.8 Å². The number of halogens is 4. The molecule has 0 aromatic heterocycles. The number of aliphatic hydroxyl groups is 2. The minimum atomic E-state index is -1.93. The summed E-state index contributed by atoms with van der Waals surface area (Å²) in [5.74, 6) is 5.20. The van der Waals surface area contributed by atoms with E-state index in [1.54, 1.807) is 43.3 Å². The van der Waals surface area contributed by atoms with Crippen molar-refractivity contribution < 1.29 is 24.4 Å². The molecule has 9 heteroatoms. The molecular weight excluding hydrogens is 486 g/mol. The molecule has 2 aromatic carbocycles. The Morgan fingerprint density at radius 1 is 1.00 bits per heavy atom. The van der Waals surface area contributed by atoms with Crippen LogP contribution in [-0.4, -0.2) is 40.9 Å². The van der Waals surface area contributed by atoms with E-state index in [4.69, 9.17) is 60.6 Å². The fourth-order valence-electron chi connectivity index (χ4n) is 3.20. The van der Waals surface area contributed by atoms with Crippen LogP contribution < -0.4 is 0 Å². The van der Waals surface area contributed by atoms with Gasteiger partial charge in [-0.05, 0) is 42.3 Å². The van der Waals surface area contributed by atoms with Crippen LogP contribution >= 0.6 is 46.4 Å². The Bertz CT molecular complexity index is 990. The Kier molecular flexibility index (Phi) is 8.51. The van der Waals surface area contributed by atoms with Crippen molar-refractivity contribution in [2.24, 2.45) is 0 Å². The highest BCUT2D eigenvalue weighted by Gasteiger charge is 2.55. The Morgan fingerprint density at radius 2 is 1.58 bits per heavy atom. The van der Waals surface area contributed by atoms with Crippen LogP contribution in [0.3, 0.4) is 0 Å². The van der Waals surface area contributed by atoms with Crippen LogP contribution in [0.25, 0.3) is 0 Å². The first-order chi connectivity index (χ1) is 14.7. The van der Waals surface area contributed by atoms with Crippen LogP contribution in [0.4, 0.5) is 0 Å². The summed E-state index contributed by atoms with van der Waals surface area (Å²) in [5, 5.41) is 23.2. The molecule has 1 aliphatic rings. The highest BCUT2D eigenvalue weighted by atomic mass is 35.5. The van der Waals surface area contributed by atoms with Crippen molar-refractivity contribution in [3.05, 3.63) is 67.6 Å². The summed E-state index contributed by atoms with van der Waals surface area (Å²) in [6, 6.07) is 10.1. The summed E-state index contributed by atoms with van der Waals surface area (Å²) in [6.45, 7) is 1.79. The highest BCUT2D eigenvalue weighted by Crippen LogP contribution is 2.34. The number of aliphatic hydroxyl groups excluding tert-OH is 1. The fourth-order valence-corrected chi connectivity index (χ4v) is 4.13. The number of hydrogen-bond donors (Lipinski definition) is 2. The molecule has 0 bridgehead atoms. The summed E-state index contributed by atoms with van der Waals surface area (Å²) in [5.41, 5.74) is -0.537. The highest BCUT2D eigenvalue weighted by molar-refractivity contribution is 6.35. The van der Waals surface area contributed by atoms with Crippen molar-refractivity contribution in [3.63, 3.8) is 0 Å². The standard InChI is InChI=1S/C22H20Cl4O5/c1-2-7-22(28)20(30-11-14-4-6-16(24)9-18(14)26)19(31-21(22)27)12-29-10-13-3-5-15(23)8-17(13)25/h3-6,8-9,19-21,27-28H,10-12H2,1H3/t19-,20-,21?,22-/m1/s1. The van der Waals surface area contributed by atoms with E-state index in [0.717, 1.165) is 5.56 Å². The van der Waals surface area contributed by atoms with E-state index in [0.29, 0.717) is 25.7 Å². The Labute approximate surface area is 200 Å². The molecule has 0 aliphatic carbocycles. The second-order valence-electron chi connectivity index (χ2n) is 6.95. The lowest BCUT2D eigenvalue weighted by Crippen LogP contribution is -2.49. The monoisotopic (exact) mass is 504 g/mol. The molecular formula is C22H20Cl4O5. The van der Waals surface area contributed by atoms with Crippen LogP contribution in [0.15, 0.2) is 36.4 Å². The first-order valence-electron chi connectivity index (χ1n) is 9.31. The fraction of sp³-hybridized carbons (Fsp3) is 0.364. The zero-order valence-corrected chi connectivity index (χ0v) is 19.5. The largest absolute Gasteiger partial charge is 0.374 e. The molecule has 1 fully saturated rings. The van der Waals surface area contributed by atoms with Gasteiger partial charge in [0.25, 0.3) is 0 Å². The first-order valence-corrected chi connectivity index (χ1v) is 10.8. The topological polar surface area (TPSA) is 68.2 Å². The number of rotatable bonds is 7. The summed E-state index contributed by atoms with van der Waals surface area (Å²) in [4.78, 5) is 0. The van der Waals surface area contributed by atoms with E-state index in [1.807, 2.05) is 0 Å². The lowest BCUT2D eigenvalue weighted by Gasteiger charge is -2.27. The third-order valence-electron chi connectivity index (χ3n) is 4.77. The van der Waals surface area contributed by atoms with Crippen molar-refractivity contribution in [1.29, 1.82) is 0 Å². The minimum absolute atomic E-state index is 0.0166. The average molecular weight is 506 g/mol. The summed E-state index contributed by atoms with van der Waals surface area (Å²) in [7, 11) is 0. The maximum absolute atomic E-state index is 11.0. The lowest BCUT2D eigenvalue weighted by molar-refractivity contribution is -0.158. The van der Waals surface area contributed by atoms with Crippen LogP contribution in [0.2, 0.25) is 20.1 Å². The molecule has 1 unspecified atom stereocenters. The van der Waals surface area contributed by atoms with Gasteiger partial charge in [0.15, 0.2) is 6.29 Å². The predicted molar refractivity (Wildman–Crippen MR) is 120 cm³/mol. The zero-order chi connectivity index (χ0) is 22.6. The Morgan fingerprint density at radius 3 is 2.13 bits per heavy atom. The zero-order valence-electron chi connectivity index (χ0n) is 16.4. The molecule has 5 nitrogen and oxygen atoms in total. The predicted octanol–water partition coefficient (Wildman–Crippen LogP) is 4.87. The van der Waals surface area contributed by atoms with Gasteiger partial charge >= 0.3 is 0 Å². The maximum Gasteiger partial charge on any atom is 0.205 e. The molecule has 1 aliphatic heterocycles. The first kappa shape index (κ1) is 24.6. The number of hydrogen-bond acceptors (Lipinski definition) is 5. The van der Waals surface area contributed by atoms with Gasteiger partial charge in [-0.3, -0.25) is 0 Å². The Hall–Kier alpha value is -1.04. The van der Waals surface area contributed by atoms with Gasteiger partial charge in [-0.15, -0.1) is 5.92 Å². The SMILES string of the molecule is CC#C[C@]1(O)C(O)O[C@H](COCc2ccc(Cl)cc2Cl)[C@H]1OCc1ccc(Cl)cc1Cl. The van der Waals surface area contributed by atoms with Gasteiger partial charge in [0, 0.05) is 20.1 Å². The van der Waals surface area contributed by atoms with Crippen molar-refractivity contribution >= 4 is 46.4 Å². The molecule has 4 atom stereocenters. The van der Waals surface area contributed by atoms with Gasteiger partial charge in [0.05, 0.1) is 19.8 Å². The van der Waals surface area contributed by atoms with E-state index in [9.17, 15) is 10.2 Å². The number of benzene rings is 2. The Balaban J connectivity index is 1.71. The van der Waals surface area contributed by atoms with Gasteiger partial charge in [-0.2, -0.15) is 0 Å². The molecule has 2 N–H and O–H groups in total. The van der Waals surface area contributed by atoms with Crippen molar-refractivity contribution in [3.8, 4) is 11.8 Å². The summed E-state index contributed by atoms with van der Waals surface area (Å²) in [6.07, 6.45) is -3.36. The molecule has 166 valence electrons. The normalized spacial score (nSPS) is 25.3. The smallest absolute Gasteiger partial charge is 0.205 e. The lowest BCUT2D eigenvalue weighted by atomic mass is 9.95. The van der Waals surface area contributed by atoms with E-state index >= 15 is 0 Å². The number of ether oxygens (including phenoxy) is 3. The minimum Gasteiger partial charge on any atom is -0.374 e. The van der Waals surface area contributed by atoms with Crippen molar-refractivity contribution in [2.75, 3.05) is 6.61 Å². The van der Waals surface area contributed by atoms with Crippen molar-refractivity contribution in [2.45, 2.75) is 44.2 Å². The van der Waals surface area contributed by atoms with E-state index < -0.39 is 24.1 Å². The molecule has 0 radical (unpaired) electrons. The maximum atomic E-state index is 11.0. The second kappa shape index (κ2) is 10.7. The molecule has 3 rings (SSSR count). The van der Waals surface area contributed by atoms with Gasteiger partial charge < -0.3 is 24.4 Å². The third-order valence-corrected chi connectivity index (χ3v) is 5.94. The van der Waals surface area contributed by atoms with E-state index in [1.165, 1.54) is 0 Å². The summed E-state index contributed by atoms with van der Waals surface area (Å²) >= 11 is 24.2. The van der Waals surface area contributed by atoms with Gasteiger partial charge in [0.1, 0.15) is 12.2 Å². The molecule has 2 aromatic rings. The molecule has 1 heterocycles. The van der Waals surface area contributed by atoms with Crippen LogP contribution in [0.5, 0.6) is 0 Å². The van der Waals surface area contributed by atoms with Crippen LogP contribution in [0.1, 0.15) is 18.1 Å². The molecule has 31 heavy (non-hydrogen) atoms. The van der Waals surface area contributed by atoms with Gasteiger partial charge in [-0.1, -0.05) is 64.5 Å². The molecule has 0 amide bonds. The van der Waals surface area contributed by atoms with E-state index in [-0.39, 0.29) is 19.8 Å². The van der Waals surface area contributed by atoms with Gasteiger partial charge in [-0.25, -0.2) is 0 Å². The van der Waals surface area contributed by atoms with Crippen LogP contribution in [-0.2, 0) is 27.4 Å². The second-order valence-corrected chi connectivity index (χ2v) is 8.63. The van der Waals surface area contributed by atoms with Crippen molar-refractivity contribution in [1.82, 2.24) is 0 Å².